The normalized spacial score (nSPS) is 10.9. The highest BCUT2D eigenvalue weighted by Gasteiger charge is 2.11. The highest BCUT2D eigenvalue weighted by Crippen LogP contribution is 2.20. The van der Waals surface area contributed by atoms with Gasteiger partial charge >= 0.3 is 0 Å². The zero-order chi connectivity index (χ0) is 15.2. The number of rotatable bonds is 7. The minimum atomic E-state index is 0.825. The molecule has 2 aromatic rings. The van der Waals surface area contributed by atoms with Gasteiger partial charge in [0.1, 0.15) is 5.75 Å². The van der Waals surface area contributed by atoms with Crippen molar-refractivity contribution in [1.82, 2.24) is 15.1 Å². The van der Waals surface area contributed by atoms with Gasteiger partial charge in [-0.25, -0.2) is 0 Å². The standard InChI is InChI=1S/C16H22BrN3O/c1-4-20-15(16(17)12(2)19-20)11-18-10-9-13-5-7-14(21-3)8-6-13/h5-8,18H,4,9-11H2,1-3H3. The lowest BCUT2D eigenvalue weighted by atomic mass is 10.1. The molecular formula is C16H22BrN3O. The smallest absolute Gasteiger partial charge is 0.118 e. The van der Waals surface area contributed by atoms with Crippen LogP contribution >= 0.6 is 15.9 Å². The van der Waals surface area contributed by atoms with Crippen molar-refractivity contribution in [3.05, 3.63) is 45.7 Å². The Morgan fingerprint density at radius 1 is 1.29 bits per heavy atom. The molecule has 0 bridgehead atoms. The summed E-state index contributed by atoms with van der Waals surface area (Å²) < 4.78 is 8.32. The van der Waals surface area contributed by atoms with E-state index in [9.17, 15) is 0 Å². The van der Waals surface area contributed by atoms with Crippen LogP contribution in [-0.4, -0.2) is 23.4 Å². The number of nitrogens with one attached hydrogen (secondary N) is 1. The number of hydrogen-bond donors (Lipinski definition) is 1. The molecule has 0 atom stereocenters. The zero-order valence-corrected chi connectivity index (χ0v) is 14.4. The number of methoxy groups -OCH3 is 1. The second-order valence-corrected chi connectivity index (χ2v) is 5.73. The first-order chi connectivity index (χ1) is 10.2. The molecule has 1 N–H and O–H groups in total. The van der Waals surface area contributed by atoms with Crippen molar-refractivity contribution in [3.63, 3.8) is 0 Å². The zero-order valence-electron chi connectivity index (χ0n) is 12.8. The first kappa shape index (κ1) is 16.0. The van der Waals surface area contributed by atoms with Crippen LogP contribution in [0.2, 0.25) is 0 Å². The van der Waals surface area contributed by atoms with Crippen molar-refractivity contribution in [2.24, 2.45) is 0 Å². The summed E-state index contributed by atoms with van der Waals surface area (Å²) in [6.07, 6.45) is 1.00. The van der Waals surface area contributed by atoms with E-state index >= 15 is 0 Å². The molecular weight excluding hydrogens is 330 g/mol. The lowest BCUT2D eigenvalue weighted by Crippen LogP contribution is -2.19. The van der Waals surface area contributed by atoms with Crippen LogP contribution < -0.4 is 10.1 Å². The third kappa shape index (κ3) is 4.08. The lowest BCUT2D eigenvalue weighted by Gasteiger charge is -2.08. The van der Waals surface area contributed by atoms with E-state index < -0.39 is 0 Å². The Labute approximate surface area is 134 Å². The van der Waals surface area contributed by atoms with E-state index in [1.807, 2.05) is 23.7 Å². The lowest BCUT2D eigenvalue weighted by molar-refractivity contribution is 0.414. The second-order valence-electron chi connectivity index (χ2n) is 4.94. The molecule has 2 rings (SSSR count). The highest BCUT2D eigenvalue weighted by molar-refractivity contribution is 9.10. The maximum atomic E-state index is 5.16. The molecule has 0 aliphatic carbocycles. The average Bonchev–Trinajstić information content (AvgIpc) is 2.79. The maximum absolute atomic E-state index is 5.16. The van der Waals surface area contributed by atoms with Gasteiger partial charge < -0.3 is 10.1 Å². The van der Waals surface area contributed by atoms with Gasteiger partial charge in [-0.1, -0.05) is 12.1 Å². The van der Waals surface area contributed by atoms with E-state index in [2.05, 4.69) is 45.4 Å². The Hall–Kier alpha value is -1.33. The van der Waals surface area contributed by atoms with Crippen molar-refractivity contribution in [3.8, 4) is 5.75 Å². The predicted molar refractivity (Wildman–Crippen MR) is 88.7 cm³/mol. The van der Waals surface area contributed by atoms with Crippen molar-refractivity contribution in [1.29, 1.82) is 0 Å². The molecule has 0 aliphatic rings. The fraction of sp³-hybridized carbons (Fsp3) is 0.438. The predicted octanol–water partition coefficient (Wildman–Crippen LogP) is 3.31. The van der Waals surface area contributed by atoms with Crippen LogP contribution in [-0.2, 0) is 19.5 Å². The third-order valence-electron chi connectivity index (χ3n) is 3.49. The van der Waals surface area contributed by atoms with Gasteiger partial charge in [0, 0.05) is 13.1 Å². The maximum Gasteiger partial charge on any atom is 0.118 e. The Balaban J connectivity index is 1.84. The second kappa shape index (κ2) is 7.61. The van der Waals surface area contributed by atoms with Gasteiger partial charge in [0.25, 0.3) is 0 Å². The molecule has 0 saturated carbocycles. The number of benzene rings is 1. The molecule has 0 spiro atoms. The molecule has 1 aromatic heterocycles. The van der Waals surface area contributed by atoms with Gasteiger partial charge in [0.2, 0.25) is 0 Å². The fourth-order valence-electron chi connectivity index (χ4n) is 2.27. The number of aromatic nitrogens is 2. The van der Waals surface area contributed by atoms with E-state index in [-0.39, 0.29) is 0 Å². The SMILES string of the molecule is CCn1nc(C)c(Br)c1CNCCc1ccc(OC)cc1. The van der Waals surface area contributed by atoms with Crippen molar-refractivity contribution in [2.75, 3.05) is 13.7 Å². The van der Waals surface area contributed by atoms with Crippen molar-refractivity contribution >= 4 is 15.9 Å². The largest absolute Gasteiger partial charge is 0.497 e. The minimum Gasteiger partial charge on any atom is -0.497 e. The van der Waals surface area contributed by atoms with Crippen LogP contribution in [0.15, 0.2) is 28.7 Å². The molecule has 0 saturated heterocycles. The van der Waals surface area contributed by atoms with Crippen LogP contribution in [0.25, 0.3) is 0 Å². The third-order valence-corrected chi connectivity index (χ3v) is 4.53. The summed E-state index contributed by atoms with van der Waals surface area (Å²) in [7, 11) is 1.69. The first-order valence-electron chi connectivity index (χ1n) is 7.21. The molecule has 0 amide bonds. The molecule has 1 aromatic carbocycles. The van der Waals surface area contributed by atoms with E-state index in [0.29, 0.717) is 0 Å². The van der Waals surface area contributed by atoms with Crippen LogP contribution in [0, 0.1) is 6.92 Å². The molecule has 21 heavy (non-hydrogen) atoms. The van der Waals surface area contributed by atoms with Crippen molar-refractivity contribution < 1.29 is 4.74 Å². The molecule has 0 aliphatic heterocycles. The summed E-state index contributed by atoms with van der Waals surface area (Å²) in [5, 5.41) is 7.99. The number of ether oxygens (including phenoxy) is 1. The summed E-state index contributed by atoms with van der Waals surface area (Å²) in [5.41, 5.74) is 3.57. The Morgan fingerprint density at radius 2 is 2.00 bits per heavy atom. The van der Waals surface area contributed by atoms with Crippen LogP contribution in [0.1, 0.15) is 23.9 Å². The van der Waals surface area contributed by atoms with Gasteiger partial charge in [0.05, 0.1) is 23.0 Å². The van der Waals surface area contributed by atoms with E-state index in [0.717, 1.165) is 42.0 Å². The summed E-state index contributed by atoms with van der Waals surface area (Å²) in [4.78, 5) is 0. The molecule has 0 fully saturated rings. The topological polar surface area (TPSA) is 39.1 Å². The number of hydrogen-bond acceptors (Lipinski definition) is 3. The number of aryl methyl sites for hydroxylation is 2. The van der Waals surface area contributed by atoms with Crippen molar-refractivity contribution in [2.45, 2.75) is 33.4 Å². The van der Waals surface area contributed by atoms with Crippen LogP contribution in [0.3, 0.4) is 0 Å². The Bertz CT molecular complexity index is 578. The van der Waals surface area contributed by atoms with Gasteiger partial charge in [-0.15, -0.1) is 0 Å². The van der Waals surface area contributed by atoms with Gasteiger partial charge in [-0.2, -0.15) is 5.10 Å². The first-order valence-corrected chi connectivity index (χ1v) is 8.00. The molecule has 1 heterocycles. The van der Waals surface area contributed by atoms with E-state index in [4.69, 9.17) is 4.74 Å². The van der Waals surface area contributed by atoms with Gasteiger partial charge in [-0.05, 0) is 60.4 Å². The molecule has 0 radical (unpaired) electrons. The Kier molecular flexibility index (Phi) is 5.82. The molecule has 4 nitrogen and oxygen atoms in total. The van der Waals surface area contributed by atoms with E-state index in [1.54, 1.807) is 7.11 Å². The molecule has 5 heteroatoms. The number of halogens is 1. The monoisotopic (exact) mass is 351 g/mol. The summed E-state index contributed by atoms with van der Waals surface area (Å²) >= 11 is 3.62. The Morgan fingerprint density at radius 3 is 2.62 bits per heavy atom. The quantitative estimate of drug-likeness (QED) is 0.777. The van der Waals surface area contributed by atoms with E-state index in [1.165, 1.54) is 11.3 Å². The number of nitrogens with zero attached hydrogens (tertiary/aromatic N) is 2. The molecule has 0 unspecified atom stereocenters. The fourth-order valence-corrected chi connectivity index (χ4v) is 2.69. The summed E-state index contributed by atoms with van der Waals surface area (Å²) in [6, 6.07) is 8.22. The van der Waals surface area contributed by atoms with Gasteiger partial charge in [-0.3, -0.25) is 4.68 Å². The summed E-state index contributed by atoms with van der Waals surface area (Å²) in [5.74, 6) is 0.901. The minimum absolute atomic E-state index is 0.825. The van der Waals surface area contributed by atoms with Crippen LogP contribution in [0.5, 0.6) is 5.75 Å². The van der Waals surface area contributed by atoms with Gasteiger partial charge in [0.15, 0.2) is 0 Å². The average molecular weight is 352 g/mol. The van der Waals surface area contributed by atoms with Crippen LogP contribution in [0.4, 0.5) is 0 Å². The summed E-state index contributed by atoms with van der Waals surface area (Å²) in [6.45, 7) is 6.79. The highest BCUT2D eigenvalue weighted by atomic mass is 79.9. The molecule has 114 valence electrons.